The van der Waals surface area contributed by atoms with Crippen LogP contribution in [0.2, 0.25) is 0 Å². The van der Waals surface area contributed by atoms with Crippen molar-refractivity contribution in [2.75, 3.05) is 32.9 Å². The Morgan fingerprint density at radius 3 is 3.26 bits per heavy atom. The minimum Gasteiger partial charge on any atom is -0.377 e. The average molecular weight is 335 g/mol. The summed E-state index contributed by atoms with van der Waals surface area (Å²) in [6.07, 6.45) is 4.97. The van der Waals surface area contributed by atoms with E-state index in [-0.39, 0.29) is 17.4 Å². The molecule has 5 heteroatoms. The maximum atomic E-state index is 12.9. The topological polar surface area (TPSA) is 38.8 Å². The van der Waals surface area contributed by atoms with Gasteiger partial charge in [0.2, 0.25) is 0 Å². The molecular weight excluding hydrogens is 310 g/mol. The van der Waals surface area contributed by atoms with E-state index in [1.165, 1.54) is 11.3 Å². The van der Waals surface area contributed by atoms with E-state index in [0.717, 1.165) is 49.4 Å². The molecule has 0 unspecified atom stereocenters. The monoisotopic (exact) mass is 335 g/mol. The zero-order chi connectivity index (χ0) is 16.3. The summed E-state index contributed by atoms with van der Waals surface area (Å²) in [6.45, 7) is 9.22. The first kappa shape index (κ1) is 16.7. The Balaban J connectivity index is 1.76. The number of ether oxygens (including phenoxy) is 2. The second kappa shape index (κ2) is 7.16. The molecule has 2 atom stereocenters. The van der Waals surface area contributed by atoms with Crippen LogP contribution in [0.25, 0.3) is 0 Å². The van der Waals surface area contributed by atoms with Crippen molar-refractivity contribution < 1.29 is 14.3 Å². The van der Waals surface area contributed by atoms with Crippen LogP contribution in [0.3, 0.4) is 0 Å². The number of hydrogen-bond donors (Lipinski definition) is 0. The van der Waals surface area contributed by atoms with Gasteiger partial charge in [0.25, 0.3) is 5.91 Å². The van der Waals surface area contributed by atoms with Crippen molar-refractivity contribution in [1.29, 1.82) is 0 Å². The molecular formula is C18H25NO3S. The third-order valence-corrected chi connectivity index (χ3v) is 5.96. The number of carbonyl (C=O) groups excluding carboxylic acids is 1. The second-order valence-electron chi connectivity index (χ2n) is 6.58. The van der Waals surface area contributed by atoms with E-state index < -0.39 is 0 Å². The van der Waals surface area contributed by atoms with Gasteiger partial charge in [-0.05, 0) is 43.2 Å². The van der Waals surface area contributed by atoms with E-state index in [2.05, 4.69) is 6.58 Å². The standard InChI is InChI=1S/C18H25NO3S/c1-3-9-21-13-18-7-4-10-22-15(18)5-8-19(12-18)17(20)16-14(2)6-11-23-16/h3,6,11,15H,1,4-5,7-10,12-13H2,2H3/t15-,18-/m1/s1. The molecule has 0 N–H and O–H groups in total. The molecule has 2 fully saturated rings. The van der Waals surface area contributed by atoms with Crippen molar-refractivity contribution in [3.05, 3.63) is 34.5 Å². The van der Waals surface area contributed by atoms with Crippen LogP contribution in [-0.2, 0) is 9.47 Å². The summed E-state index contributed by atoms with van der Waals surface area (Å²) in [7, 11) is 0. The van der Waals surface area contributed by atoms with Gasteiger partial charge in [0.05, 0.1) is 24.2 Å². The summed E-state index contributed by atoms with van der Waals surface area (Å²) in [6, 6.07) is 2.01. The molecule has 0 radical (unpaired) electrons. The zero-order valence-electron chi connectivity index (χ0n) is 13.8. The Bertz CT molecular complexity index is 570. The highest BCUT2D eigenvalue weighted by Crippen LogP contribution is 2.41. The van der Waals surface area contributed by atoms with Gasteiger partial charge >= 0.3 is 0 Å². The van der Waals surface area contributed by atoms with Crippen molar-refractivity contribution in [2.45, 2.75) is 32.3 Å². The number of fused-ring (bicyclic) bond motifs is 1. The molecule has 0 aromatic carbocycles. The Morgan fingerprint density at radius 2 is 2.52 bits per heavy atom. The molecule has 0 aliphatic carbocycles. The summed E-state index contributed by atoms with van der Waals surface area (Å²) in [4.78, 5) is 15.7. The Morgan fingerprint density at radius 1 is 1.65 bits per heavy atom. The van der Waals surface area contributed by atoms with E-state index in [1.54, 1.807) is 6.08 Å². The Kier molecular flexibility index (Phi) is 5.19. The van der Waals surface area contributed by atoms with E-state index in [1.807, 2.05) is 23.3 Å². The van der Waals surface area contributed by atoms with Crippen molar-refractivity contribution in [2.24, 2.45) is 5.41 Å². The molecule has 126 valence electrons. The molecule has 0 spiro atoms. The van der Waals surface area contributed by atoms with Crippen LogP contribution in [-0.4, -0.2) is 49.8 Å². The molecule has 0 bridgehead atoms. The highest BCUT2D eigenvalue weighted by molar-refractivity contribution is 7.12. The zero-order valence-corrected chi connectivity index (χ0v) is 14.6. The lowest BCUT2D eigenvalue weighted by Gasteiger charge is -2.50. The molecule has 1 aromatic heterocycles. The van der Waals surface area contributed by atoms with Gasteiger partial charge in [0, 0.05) is 25.1 Å². The lowest BCUT2D eigenvalue weighted by Crippen LogP contribution is -2.58. The second-order valence-corrected chi connectivity index (χ2v) is 7.49. The van der Waals surface area contributed by atoms with Gasteiger partial charge in [0.1, 0.15) is 0 Å². The fraction of sp³-hybridized carbons (Fsp3) is 0.611. The molecule has 1 aromatic rings. The van der Waals surface area contributed by atoms with E-state index in [0.29, 0.717) is 13.2 Å². The fourth-order valence-corrected chi connectivity index (χ4v) is 4.65. The molecule has 2 aliphatic heterocycles. The van der Waals surface area contributed by atoms with Crippen LogP contribution in [0.5, 0.6) is 0 Å². The average Bonchev–Trinajstić information content (AvgIpc) is 3.00. The third kappa shape index (κ3) is 3.37. The van der Waals surface area contributed by atoms with Crippen LogP contribution in [0, 0.1) is 12.3 Å². The number of nitrogens with zero attached hydrogens (tertiary/aromatic N) is 1. The third-order valence-electron chi connectivity index (χ3n) is 4.96. The van der Waals surface area contributed by atoms with Crippen molar-refractivity contribution in [3.63, 3.8) is 0 Å². The number of hydrogen-bond acceptors (Lipinski definition) is 4. The summed E-state index contributed by atoms with van der Waals surface area (Å²) in [5.41, 5.74) is 0.999. The number of thiophene rings is 1. The molecule has 2 saturated heterocycles. The fourth-order valence-electron chi connectivity index (χ4n) is 3.76. The highest BCUT2D eigenvalue weighted by Gasteiger charge is 2.47. The van der Waals surface area contributed by atoms with E-state index in [9.17, 15) is 4.79 Å². The van der Waals surface area contributed by atoms with Crippen LogP contribution >= 0.6 is 11.3 Å². The maximum absolute atomic E-state index is 12.9. The predicted octanol–water partition coefficient (Wildman–Crippen LogP) is 3.27. The Labute approximate surface area is 142 Å². The van der Waals surface area contributed by atoms with Crippen molar-refractivity contribution in [1.82, 2.24) is 4.90 Å². The molecule has 2 aliphatic rings. The summed E-state index contributed by atoms with van der Waals surface area (Å²) in [5.74, 6) is 0.157. The van der Waals surface area contributed by atoms with Crippen LogP contribution < -0.4 is 0 Å². The number of carbonyl (C=O) groups is 1. The predicted molar refractivity (Wildman–Crippen MR) is 92.0 cm³/mol. The van der Waals surface area contributed by atoms with Gasteiger partial charge in [-0.1, -0.05) is 6.08 Å². The summed E-state index contributed by atoms with van der Waals surface area (Å²) >= 11 is 1.53. The van der Waals surface area contributed by atoms with Gasteiger partial charge < -0.3 is 14.4 Å². The molecule has 4 nitrogen and oxygen atoms in total. The van der Waals surface area contributed by atoms with Gasteiger partial charge in [-0.25, -0.2) is 0 Å². The molecule has 0 saturated carbocycles. The summed E-state index contributed by atoms with van der Waals surface area (Å²) < 4.78 is 11.8. The number of aryl methyl sites for hydroxylation is 1. The minimum absolute atomic E-state index is 0.0691. The number of amides is 1. The lowest BCUT2D eigenvalue weighted by molar-refractivity contribution is -0.144. The quantitative estimate of drug-likeness (QED) is 0.612. The first-order valence-electron chi connectivity index (χ1n) is 8.30. The van der Waals surface area contributed by atoms with Crippen LogP contribution in [0.15, 0.2) is 24.1 Å². The van der Waals surface area contributed by atoms with Gasteiger partial charge in [-0.2, -0.15) is 0 Å². The molecule has 3 rings (SSSR count). The summed E-state index contributed by atoms with van der Waals surface area (Å²) in [5, 5.41) is 1.99. The first-order valence-corrected chi connectivity index (χ1v) is 9.18. The Hall–Kier alpha value is -1.17. The van der Waals surface area contributed by atoms with Crippen LogP contribution in [0.1, 0.15) is 34.5 Å². The number of likely N-dealkylation sites (tertiary alicyclic amines) is 1. The van der Waals surface area contributed by atoms with Gasteiger partial charge in [-0.3, -0.25) is 4.79 Å². The van der Waals surface area contributed by atoms with E-state index in [4.69, 9.17) is 9.47 Å². The van der Waals surface area contributed by atoms with Crippen molar-refractivity contribution >= 4 is 17.2 Å². The maximum Gasteiger partial charge on any atom is 0.264 e. The number of rotatable bonds is 5. The van der Waals surface area contributed by atoms with E-state index >= 15 is 0 Å². The number of piperidine rings is 1. The molecule has 3 heterocycles. The van der Waals surface area contributed by atoms with Gasteiger partial charge in [0.15, 0.2) is 0 Å². The smallest absolute Gasteiger partial charge is 0.264 e. The minimum atomic E-state index is -0.0691. The molecule has 1 amide bonds. The molecule has 23 heavy (non-hydrogen) atoms. The largest absolute Gasteiger partial charge is 0.377 e. The SMILES string of the molecule is C=CCOC[C@]12CCCO[C@@H]1CCN(C(=O)c1sccc1C)C2. The first-order chi connectivity index (χ1) is 11.2. The normalized spacial score (nSPS) is 27.5. The highest BCUT2D eigenvalue weighted by atomic mass is 32.1. The van der Waals surface area contributed by atoms with Crippen LogP contribution in [0.4, 0.5) is 0 Å². The van der Waals surface area contributed by atoms with Gasteiger partial charge in [-0.15, -0.1) is 17.9 Å². The lowest BCUT2D eigenvalue weighted by atomic mass is 9.73. The van der Waals surface area contributed by atoms with Crippen molar-refractivity contribution in [3.8, 4) is 0 Å².